The summed E-state index contributed by atoms with van der Waals surface area (Å²) in [5.74, 6) is 0. The molecule has 0 aliphatic rings. The first-order chi connectivity index (χ1) is 5.75. The Balaban J connectivity index is 2.78. The summed E-state index contributed by atoms with van der Waals surface area (Å²) in [5.41, 5.74) is 2.14. The molecule has 0 saturated carbocycles. The number of methoxy groups -OCH3 is 1. The minimum absolute atomic E-state index is 0.600. The van der Waals surface area contributed by atoms with E-state index >= 15 is 0 Å². The summed E-state index contributed by atoms with van der Waals surface area (Å²) in [4.78, 5) is 0. The summed E-state index contributed by atoms with van der Waals surface area (Å²) < 4.78 is 4.93. The molecule has 0 aliphatic carbocycles. The van der Waals surface area contributed by atoms with Crippen molar-refractivity contribution >= 4 is 11.6 Å². The first kappa shape index (κ1) is 9.56. The van der Waals surface area contributed by atoms with Gasteiger partial charge in [-0.15, -0.1) is 0 Å². The van der Waals surface area contributed by atoms with Crippen molar-refractivity contribution < 1.29 is 4.74 Å². The molecular weight excluding hydrogens is 172 g/mol. The maximum atomic E-state index is 6.04. The molecule has 1 aromatic rings. The molecule has 0 aliphatic heterocycles. The van der Waals surface area contributed by atoms with Crippen LogP contribution in [0.15, 0.2) is 18.2 Å². The van der Waals surface area contributed by atoms with Crippen LogP contribution >= 0.6 is 11.6 Å². The molecule has 0 fully saturated rings. The molecule has 0 bridgehead atoms. The van der Waals surface area contributed by atoms with E-state index in [1.54, 1.807) is 7.11 Å². The molecule has 0 heterocycles. The van der Waals surface area contributed by atoms with E-state index in [4.69, 9.17) is 16.3 Å². The Hall–Kier alpha value is -0.530. The van der Waals surface area contributed by atoms with Crippen LogP contribution in [0.1, 0.15) is 11.1 Å². The standard InChI is InChI=1S/C10H12ClO/c1-8-4-3-5-9(10(8)11)6-7-12-2/h3-6H,7H2,1-2H3. The Bertz CT molecular complexity index is 258. The molecule has 1 radical (unpaired) electrons. The van der Waals surface area contributed by atoms with Gasteiger partial charge in [0.05, 0.1) is 6.61 Å². The van der Waals surface area contributed by atoms with Crippen LogP contribution in [-0.2, 0) is 4.74 Å². The van der Waals surface area contributed by atoms with Crippen LogP contribution < -0.4 is 0 Å². The van der Waals surface area contributed by atoms with Gasteiger partial charge in [0.2, 0.25) is 0 Å². The average Bonchev–Trinajstić information content (AvgIpc) is 2.08. The van der Waals surface area contributed by atoms with Gasteiger partial charge in [0.15, 0.2) is 0 Å². The maximum absolute atomic E-state index is 6.04. The van der Waals surface area contributed by atoms with E-state index in [-0.39, 0.29) is 0 Å². The van der Waals surface area contributed by atoms with Crippen LogP contribution in [0.5, 0.6) is 0 Å². The number of ether oxygens (including phenoxy) is 1. The lowest BCUT2D eigenvalue weighted by atomic mass is 10.1. The largest absolute Gasteiger partial charge is 0.384 e. The normalized spacial score (nSPS) is 10.2. The summed E-state index contributed by atoms with van der Waals surface area (Å²) in [5, 5.41) is 0.814. The number of hydrogen-bond acceptors (Lipinski definition) is 1. The molecule has 1 nitrogen and oxygen atoms in total. The smallest absolute Gasteiger partial charge is 0.0538 e. The van der Waals surface area contributed by atoms with Crippen LogP contribution in [0.25, 0.3) is 0 Å². The predicted octanol–water partition coefficient (Wildman–Crippen LogP) is 2.85. The van der Waals surface area contributed by atoms with Gasteiger partial charge in [-0.2, -0.15) is 0 Å². The number of halogens is 1. The second kappa shape index (κ2) is 4.48. The fourth-order valence-electron chi connectivity index (χ4n) is 1.00. The van der Waals surface area contributed by atoms with Crippen molar-refractivity contribution in [2.75, 3.05) is 13.7 Å². The van der Waals surface area contributed by atoms with Crippen molar-refractivity contribution in [2.24, 2.45) is 0 Å². The topological polar surface area (TPSA) is 9.23 Å². The van der Waals surface area contributed by atoms with E-state index < -0.39 is 0 Å². The highest BCUT2D eigenvalue weighted by Crippen LogP contribution is 2.21. The van der Waals surface area contributed by atoms with Gasteiger partial charge < -0.3 is 4.74 Å². The third-order valence-corrected chi connectivity index (χ3v) is 2.21. The minimum atomic E-state index is 0.600. The third-order valence-electron chi connectivity index (χ3n) is 1.69. The van der Waals surface area contributed by atoms with Gasteiger partial charge >= 0.3 is 0 Å². The molecule has 12 heavy (non-hydrogen) atoms. The molecule has 0 unspecified atom stereocenters. The molecule has 65 valence electrons. The number of benzene rings is 1. The first-order valence-electron chi connectivity index (χ1n) is 3.83. The lowest BCUT2D eigenvalue weighted by Crippen LogP contribution is -1.93. The molecule has 0 N–H and O–H groups in total. The van der Waals surface area contributed by atoms with Crippen LogP contribution in [0, 0.1) is 13.3 Å². The van der Waals surface area contributed by atoms with Gasteiger partial charge in [0.1, 0.15) is 0 Å². The highest BCUT2D eigenvalue weighted by Gasteiger charge is 2.01. The van der Waals surface area contributed by atoms with E-state index in [0.717, 1.165) is 16.1 Å². The molecule has 0 aromatic heterocycles. The van der Waals surface area contributed by atoms with Gasteiger partial charge in [-0.3, -0.25) is 0 Å². The zero-order valence-corrected chi connectivity index (χ0v) is 8.06. The lowest BCUT2D eigenvalue weighted by Gasteiger charge is -2.04. The SMILES string of the molecule is COC[CH]c1cccc(C)c1Cl. The Kier molecular flexibility index (Phi) is 3.57. The average molecular weight is 184 g/mol. The summed E-state index contributed by atoms with van der Waals surface area (Å²) in [7, 11) is 1.67. The van der Waals surface area contributed by atoms with Crippen LogP contribution in [0.3, 0.4) is 0 Å². The number of aryl methyl sites for hydroxylation is 1. The van der Waals surface area contributed by atoms with E-state index in [2.05, 4.69) is 0 Å². The fraction of sp³-hybridized carbons (Fsp3) is 0.300. The first-order valence-corrected chi connectivity index (χ1v) is 4.20. The fourth-order valence-corrected chi connectivity index (χ4v) is 1.20. The quantitative estimate of drug-likeness (QED) is 0.700. The van der Waals surface area contributed by atoms with E-state index in [1.807, 2.05) is 31.5 Å². The molecular formula is C10H12ClO. The molecule has 0 amide bonds. The summed E-state index contributed by atoms with van der Waals surface area (Å²) >= 11 is 6.04. The Morgan fingerprint density at radius 2 is 2.25 bits per heavy atom. The van der Waals surface area contributed by atoms with Gasteiger partial charge in [-0.25, -0.2) is 0 Å². The van der Waals surface area contributed by atoms with Gasteiger partial charge in [0.25, 0.3) is 0 Å². The van der Waals surface area contributed by atoms with Crippen molar-refractivity contribution in [3.05, 3.63) is 40.8 Å². The Morgan fingerprint density at radius 1 is 1.50 bits per heavy atom. The summed E-state index contributed by atoms with van der Waals surface area (Å²) in [6.07, 6.45) is 1.97. The summed E-state index contributed by atoms with van der Waals surface area (Å²) in [6.45, 7) is 2.59. The van der Waals surface area contributed by atoms with Crippen LogP contribution in [-0.4, -0.2) is 13.7 Å². The summed E-state index contributed by atoms with van der Waals surface area (Å²) in [6, 6.07) is 5.96. The second-order valence-electron chi connectivity index (χ2n) is 2.64. The van der Waals surface area contributed by atoms with Gasteiger partial charge in [0, 0.05) is 18.6 Å². The second-order valence-corrected chi connectivity index (χ2v) is 3.02. The van der Waals surface area contributed by atoms with Crippen LogP contribution in [0.4, 0.5) is 0 Å². The van der Waals surface area contributed by atoms with Crippen LogP contribution in [0.2, 0.25) is 5.02 Å². The molecule has 1 aromatic carbocycles. The van der Waals surface area contributed by atoms with Crippen molar-refractivity contribution in [1.29, 1.82) is 0 Å². The maximum Gasteiger partial charge on any atom is 0.0538 e. The Labute approximate surface area is 78.3 Å². The van der Waals surface area contributed by atoms with Crippen molar-refractivity contribution in [3.63, 3.8) is 0 Å². The molecule has 0 atom stereocenters. The minimum Gasteiger partial charge on any atom is -0.384 e. The number of hydrogen-bond donors (Lipinski definition) is 0. The molecule has 0 spiro atoms. The molecule has 2 heteroatoms. The highest BCUT2D eigenvalue weighted by atomic mass is 35.5. The Morgan fingerprint density at radius 3 is 2.92 bits per heavy atom. The van der Waals surface area contributed by atoms with Crippen molar-refractivity contribution in [2.45, 2.75) is 6.92 Å². The van der Waals surface area contributed by atoms with E-state index in [1.165, 1.54) is 0 Å². The lowest BCUT2D eigenvalue weighted by molar-refractivity contribution is 0.225. The van der Waals surface area contributed by atoms with E-state index in [0.29, 0.717) is 6.61 Å². The van der Waals surface area contributed by atoms with Gasteiger partial charge in [-0.1, -0.05) is 29.8 Å². The van der Waals surface area contributed by atoms with Crippen molar-refractivity contribution in [3.8, 4) is 0 Å². The third kappa shape index (κ3) is 2.23. The van der Waals surface area contributed by atoms with E-state index in [9.17, 15) is 0 Å². The van der Waals surface area contributed by atoms with Crippen molar-refractivity contribution in [1.82, 2.24) is 0 Å². The number of rotatable bonds is 3. The highest BCUT2D eigenvalue weighted by molar-refractivity contribution is 6.32. The molecule has 1 rings (SSSR count). The zero-order chi connectivity index (χ0) is 8.97. The predicted molar refractivity (Wildman–Crippen MR) is 51.5 cm³/mol. The zero-order valence-electron chi connectivity index (χ0n) is 7.30. The van der Waals surface area contributed by atoms with Gasteiger partial charge in [-0.05, 0) is 18.1 Å². The monoisotopic (exact) mass is 183 g/mol. The molecule has 0 saturated heterocycles.